The Morgan fingerprint density at radius 2 is 2.10 bits per heavy atom. The lowest BCUT2D eigenvalue weighted by Crippen LogP contribution is -2.50. The molecular formula is C14H19BrN2O3. The molecule has 1 amide bonds. The zero-order chi connectivity index (χ0) is 14.8. The minimum atomic E-state index is -0.533. The summed E-state index contributed by atoms with van der Waals surface area (Å²) in [5, 5.41) is 5.86. The maximum absolute atomic E-state index is 11.8. The number of carbonyl (C=O) groups excluding carboxylic acids is 1. The van der Waals surface area contributed by atoms with Crippen molar-refractivity contribution in [1.29, 1.82) is 0 Å². The molecule has 0 spiro atoms. The molecule has 0 saturated carbocycles. The fraction of sp³-hybridized carbons (Fsp3) is 0.500. The zero-order valence-corrected chi connectivity index (χ0v) is 13.4. The Hall–Kier alpha value is -1.27. The van der Waals surface area contributed by atoms with Crippen LogP contribution in [0.5, 0.6) is 5.75 Å². The average molecular weight is 343 g/mol. The van der Waals surface area contributed by atoms with Crippen LogP contribution in [0.2, 0.25) is 0 Å². The van der Waals surface area contributed by atoms with Gasteiger partial charge >= 0.3 is 6.09 Å². The van der Waals surface area contributed by atoms with Crippen LogP contribution in [0.4, 0.5) is 10.5 Å². The predicted octanol–water partition coefficient (Wildman–Crippen LogP) is 3.15. The second-order valence-corrected chi connectivity index (χ2v) is 6.58. The number of rotatable bonds is 3. The van der Waals surface area contributed by atoms with Crippen LogP contribution >= 0.6 is 15.9 Å². The number of amides is 1. The Kier molecular flexibility index (Phi) is 4.55. The van der Waals surface area contributed by atoms with Gasteiger partial charge in [-0.3, -0.25) is 5.32 Å². The highest BCUT2D eigenvalue weighted by atomic mass is 79.9. The van der Waals surface area contributed by atoms with Crippen molar-refractivity contribution in [3.63, 3.8) is 0 Å². The lowest BCUT2D eigenvalue weighted by Gasteiger charge is -2.29. The van der Waals surface area contributed by atoms with Gasteiger partial charge < -0.3 is 14.8 Å². The smallest absolute Gasteiger partial charge is 0.412 e. The number of carbonyl (C=O) groups is 1. The van der Waals surface area contributed by atoms with Gasteiger partial charge in [-0.1, -0.05) is 15.9 Å². The van der Waals surface area contributed by atoms with E-state index in [-0.39, 0.29) is 6.10 Å². The van der Waals surface area contributed by atoms with Gasteiger partial charge in [0.2, 0.25) is 0 Å². The van der Waals surface area contributed by atoms with E-state index >= 15 is 0 Å². The molecule has 20 heavy (non-hydrogen) atoms. The number of ether oxygens (including phenoxy) is 2. The van der Waals surface area contributed by atoms with Crippen molar-refractivity contribution in [2.45, 2.75) is 32.5 Å². The van der Waals surface area contributed by atoms with E-state index in [9.17, 15) is 4.79 Å². The maximum Gasteiger partial charge on any atom is 0.412 e. The summed E-state index contributed by atoms with van der Waals surface area (Å²) in [4.78, 5) is 11.8. The van der Waals surface area contributed by atoms with Crippen molar-refractivity contribution >= 4 is 27.7 Å². The Bertz CT molecular complexity index is 496. The third-order valence-electron chi connectivity index (χ3n) is 2.61. The lowest BCUT2D eigenvalue weighted by atomic mass is 10.2. The molecule has 1 fully saturated rings. The topological polar surface area (TPSA) is 59.6 Å². The molecule has 2 rings (SSSR count). The minimum Gasteiger partial charge on any atom is -0.486 e. The fourth-order valence-corrected chi connectivity index (χ4v) is 2.00. The number of hydrogen-bond acceptors (Lipinski definition) is 4. The summed E-state index contributed by atoms with van der Waals surface area (Å²) in [6.07, 6.45) is -0.345. The molecule has 110 valence electrons. The highest BCUT2D eigenvalue weighted by molar-refractivity contribution is 9.10. The molecule has 1 saturated heterocycles. The summed E-state index contributed by atoms with van der Waals surface area (Å²) >= 11 is 3.38. The maximum atomic E-state index is 11.8. The summed E-state index contributed by atoms with van der Waals surface area (Å²) in [6, 6.07) is 5.50. The van der Waals surface area contributed by atoms with E-state index in [1.165, 1.54) is 0 Å². The largest absolute Gasteiger partial charge is 0.486 e. The highest BCUT2D eigenvalue weighted by Crippen LogP contribution is 2.30. The standard InChI is InChI=1S/C14H19BrN2O3/c1-14(2,3)20-13(18)17-11-6-9(15)4-5-12(11)19-10-7-16-8-10/h4-6,10,16H,7-8H2,1-3H3,(H,17,18). The molecule has 1 aliphatic rings. The summed E-state index contributed by atoms with van der Waals surface area (Å²) in [5.41, 5.74) is 0.0650. The molecule has 0 aromatic heterocycles. The Morgan fingerprint density at radius 3 is 2.65 bits per heavy atom. The van der Waals surface area contributed by atoms with Crippen molar-refractivity contribution in [3.8, 4) is 5.75 Å². The summed E-state index contributed by atoms with van der Waals surface area (Å²) in [5.74, 6) is 0.644. The second kappa shape index (κ2) is 6.01. The molecule has 1 aliphatic heterocycles. The molecule has 0 radical (unpaired) electrons. The molecule has 1 aromatic carbocycles. The Morgan fingerprint density at radius 1 is 1.40 bits per heavy atom. The van der Waals surface area contributed by atoms with Gasteiger partial charge in [0.05, 0.1) is 5.69 Å². The number of halogens is 1. The van der Waals surface area contributed by atoms with Crippen LogP contribution in [0.3, 0.4) is 0 Å². The SMILES string of the molecule is CC(C)(C)OC(=O)Nc1cc(Br)ccc1OC1CNC1. The lowest BCUT2D eigenvalue weighted by molar-refractivity contribution is 0.0634. The Labute approximate surface area is 127 Å². The van der Waals surface area contributed by atoms with Gasteiger partial charge in [0, 0.05) is 17.6 Å². The van der Waals surface area contributed by atoms with Crippen molar-refractivity contribution < 1.29 is 14.3 Å². The normalized spacial score (nSPS) is 15.4. The number of anilines is 1. The van der Waals surface area contributed by atoms with Crippen molar-refractivity contribution in [2.24, 2.45) is 0 Å². The number of benzene rings is 1. The second-order valence-electron chi connectivity index (χ2n) is 5.67. The third kappa shape index (κ3) is 4.38. The zero-order valence-electron chi connectivity index (χ0n) is 11.8. The van der Waals surface area contributed by atoms with Crippen molar-refractivity contribution in [3.05, 3.63) is 22.7 Å². The molecule has 6 heteroatoms. The first kappa shape index (κ1) is 15.1. The molecule has 1 heterocycles. The number of nitrogens with one attached hydrogen (secondary N) is 2. The molecule has 2 N–H and O–H groups in total. The molecule has 1 aromatic rings. The predicted molar refractivity (Wildman–Crippen MR) is 81.3 cm³/mol. The van der Waals surface area contributed by atoms with Crippen LogP contribution in [0.25, 0.3) is 0 Å². The first-order valence-electron chi connectivity index (χ1n) is 6.50. The molecule has 0 aliphatic carbocycles. The monoisotopic (exact) mass is 342 g/mol. The van der Waals surface area contributed by atoms with Gasteiger partial charge in [-0.2, -0.15) is 0 Å². The van der Waals surface area contributed by atoms with Crippen LogP contribution in [-0.4, -0.2) is 30.9 Å². The summed E-state index contributed by atoms with van der Waals surface area (Å²) in [7, 11) is 0. The molecule has 5 nitrogen and oxygen atoms in total. The van der Waals surface area contributed by atoms with Crippen LogP contribution in [-0.2, 0) is 4.74 Å². The van der Waals surface area contributed by atoms with E-state index in [1.807, 2.05) is 32.9 Å². The van der Waals surface area contributed by atoms with Gasteiger partial charge in [0.1, 0.15) is 17.5 Å². The quantitative estimate of drug-likeness (QED) is 0.885. The highest BCUT2D eigenvalue weighted by Gasteiger charge is 2.21. The summed E-state index contributed by atoms with van der Waals surface area (Å²) in [6.45, 7) is 7.12. The molecule has 0 atom stereocenters. The minimum absolute atomic E-state index is 0.148. The van der Waals surface area contributed by atoms with Crippen molar-refractivity contribution in [1.82, 2.24) is 5.32 Å². The van der Waals surface area contributed by atoms with Crippen molar-refractivity contribution in [2.75, 3.05) is 18.4 Å². The van der Waals surface area contributed by atoms with Gasteiger partial charge in [0.25, 0.3) is 0 Å². The van der Waals surface area contributed by atoms with Crippen LogP contribution < -0.4 is 15.4 Å². The molecule has 0 bridgehead atoms. The van der Waals surface area contributed by atoms with Gasteiger partial charge in [0.15, 0.2) is 0 Å². The van der Waals surface area contributed by atoms with Crippen LogP contribution in [0, 0.1) is 0 Å². The fourth-order valence-electron chi connectivity index (χ4n) is 1.64. The van der Waals surface area contributed by atoms with E-state index < -0.39 is 11.7 Å². The first-order chi connectivity index (χ1) is 9.33. The molecule has 0 unspecified atom stereocenters. The van der Waals surface area contributed by atoms with Gasteiger partial charge in [-0.05, 0) is 39.0 Å². The van der Waals surface area contributed by atoms with E-state index in [0.717, 1.165) is 17.6 Å². The first-order valence-corrected chi connectivity index (χ1v) is 7.30. The van der Waals surface area contributed by atoms with Gasteiger partial charge in [-0.25, -0.2) is 4.79 Å². The van der Waals surface area contributed by atoms with E-state index in [4.69, 9.17) is 9.47 Å². The van der Waals surface area contributed by atoms with E-state index in [0.29, 0.717) is 11.4 Å². The Balaban J connectivity index is 2.08. The summed E-state index contributed by atoms with van der Waals surface area (Å²) < 4.78 is 11.9. The van der Waals surface area contributed by atoms with Gasteiger partial charge in [-0.15, -0.1) is 0 Å². The van der Waals surface area contributed by atoms with E-state index in [1.54, 1.807) is 6.07 Å². The van der Waals surface area contributed by atoms with Crippen LogP contribution in [0.15, 0.2) is 22.7 Å². The van der Waals surface area contributed by atoms with Crippen LogP contribution in [0.1, 0.15) is 20.8 Å². The van der Waals surface area contributed by atoms with E-state index in [2.05, 4.69) is 26.6 Å². The third-order valence-corrected chi connectivity index (χ3v) is 3.11. The molecular weight excluding hydrogens is 324 g/mol. The number of hydrogen-bond donors (Lipinski definition) is 2. The average Bonchev–Trinajstić information content (AvgIpc) is 2.22.